The van der Waals surface area contributed by atoms with Crippen LogP contribution < -0.4 is 0 Å². The number of nitrogens with zero attached hydrogens (tertiary/aromatic N) is 3. The molecule has 2 saturated heterocycles. The first-order valence-corrected chi connectivity index (χ1v) is 8.42. The molecule has 2 N–H and O–H groups in total. The number of carboxylic acid groups (broad SMARTS) is 2. The van der Waals surface area contributed by atoms with Crippen LogP contribution in [0.4, 0.5) is 4.79 Å². The second-order valence-electron chi connectivity index (χ2n) is 5.76. The minimum atomic E-state index is -1.26. The van der Waals surface area contributed by atoms with Crippen molar-refractivity contribution in [2.24, 2.45) is 0 Å². The van der Waals surface area contributed by atoms with Crippen LogP contribution in [0.1, 0.15) is 0 Å². The number of hydrogen-bond donors (Lipinski definition) is 2. The summed E-state index contributed by atoms with van der Waals surface area (Å²) in [4.78, 5) is 42.2. The van der Waals surface area contributed by atoms with Crippen LogP contribution in [0, 0.1) is 0 Å². The minimum Gasteiger partial charge on any atom is -0.477 e. The molecule has 0 aromatic carbocycles. The van der Waals surface area contributed by atoms with Crippen LogP contribution in [-0.4, -0.2) is 73.6 Å². The number of amides is 2. The Labute approximate surface area is 145 Å². The number of ether oxygens (including phenoxy) is 1. The van der Waals surface area contributed by atoms with E-state index in [-0.39, 0.29) is 12.4 Å². The fourth-order valence-electron chi connectivity index (χ4n) is 3.47. The number of carbonyl (C=O) groups is 3. The molecular weight excluding hydrogens is 350 g/mol. The lowest BCUT2D eigenvalue weighted by atomic mass is 9.89. The Balaban J connectivity index is 1.63. The molecule has 4 rings (SSSR count). The number of β-lactam (4-membered cyclic amide) rings is 1. The second-order valence-corrected chi connectivity index (χ2v) is 6.81. The van der Waals surface area contributed by atoms with Crippen LogP contribution in [0.5, 0.6) is 0 Å². The van der Waals surface area contributed by atoms with E-state index in [0.717, 1.165) is 14.7 Å². The molecule has 1 unspecified atom stereocenters. The zero-order valence-electron chi connectivity index (χ0n) is 12.7. The van der Waals surface area contributed by atoms with Gasteiger partial charge in [-0.05, 0) is 12.1 Å². The Morgan fingerprint density at radius 3 is 2.68 bits per heavy atom. The SMILES string of the molecule is O=C(O)C1=C(CSc2ccncc2)C2OCN(C(=O)O)[C@@H]3C(=O)N1[C@H]23. The zero-order chi connectivity index (χ0) is 17.7. The number of carbonyl (C=O) groups excluding carboxylic acids is 1. The van der Waals surface area contributed by atoms with Gasteiger partial charge in [-0.2, -0.15) is 0 Å². The predicted octanol–water partition coefficient (Wildman–Crippen LogP) is 0.442. The average molecular weight is 363 g/mol. The molecule has 0 spiro atoms. The maximum Gasteiger partial charge on any atom is 0.409 e. The molecule has 10 heteroatoms. The fraction of sp³-hybridized carbons (Fsp3) is 0.333. The van der Waals surface area contributed by atoms with Crippen molar-refractivity contribution in [1.82, 2.24) is 14.8 Å². The molecule has 3 aliphatic rings. The van der Waals surface area contributed by atoms with Crippen LogP contribution in [0.25, 0.3) is 0 Å². The highest BCUT2D eigenvalue weighted by Gasteiger charge is 2.65. The number of thioether (sulfide) groups is 1. The van der Waals surface area contributed by atoms with Crippen molar-refractivity contribution >= 4 is 29.7 Å². The molecule has 25 heavy (non-hydrogen) atoms. The van der Waals surface area contributed by atoms with Gasteiger partial charge in [0.15, 0.2) is 0 Å². The number of aliphatic carboxylic acids is 1. The van der Waals surface area contributed by atoms with Crippen molar-refractivity contribution in [1.29, 1.82) is 0 Å². The Hall–Kier alpha value is -2.59. The van der Waals surface area contributed by atoms with Gasteiger partial charge in [0.05, 0.1) is 6.04 Å². The normalized spacial score (nSPS) is 27.2. The van der Waals surface area contributed by atoms with E-state index in [1.807, 2.05) is 0 Å². The fourth-order valence-corrected chi connectivity index (χ4v) is 4.41. The van der Waals surface area contributed by atoms with Crippen molar-refractivity contribution in [2.45, 2.75) is 23.1 Å². The lowest BCUT2D eigenvalue weighted by molar-refractivity contribution is -0.182. The maximum atomic E-state index is 12.4. The van der Waals surface area contributed by atoms with Crippen molar-refractivity contribution in [2.75, 3.05) is 12.5 Å². The van der Waals surface area contributed by atoms with Gasteiger partial charge >= 0.3 is 12.1 Å². The summed E-state index contributed by atoms with van der Waals surface area (Å²) in [7, 11) is 0. The van der Waals surface area contributed by atoms with Crippen molar-refractivity contribution in [3.8, 4) is 0 Å². The van der Waals surface area contributed by atoms with Crippen molar-refractivity contribution in [3.05, 3.63) is 35.8 Å². The Kier molecular flexibility index (Phi) is 3.65. The molecule has 2 fully saturated rings. The molecule has 1 aromatic rings. The summed E-state index contributed by atoms with van der Waals surface area (Å²) in [6.45, 7) is -0.253. The van der Waals surface area contributed by atoms with E-state index in [4.69, 9.17) is 4.74 Å². The van der Waals surface area contributed by atoms with Gasteiger partial charge in [-0.1, -0.05) is 0 Å². The third-order valence-corrected chi connectivity index (χ3v) is 5.59. The van der Waals surface area contributed by atoms with Gasteiger partial charge in [0, 0.05) is 28.6 Å². The number of rotatable bonds is 4. The van der Waals surface area contributed by atoms with E-state index in [2.05, 4.69) is 4.98 Å². The summed E-state index contributed by atoms with van der Waals surface area (Å²) in [5.74, 6) is -1.39. The summed E-state index contributed by atoms with van der Waals surface area (Å²) in [6, 6.07) is 2.12. The minimum absolute atomic E-state index is 0.0926. The number of hydrogen-bond acceptors (Lipinski definition) is 6. The van der Waals surface area contributed by atoms with E-state index in [1.54, 1.807) is 24.5 Å². The van der Waals surface area contributed by atoms with Gasteiger partial charge in [-0.3, -0.25) is 19.6 Å². The van der Waals surface area contributed by atoms with Gasteiger partial charge < -0.3 is 14.9 Å². The summed E-state index contributed by atoms with van der Waals surface area (Å²) in [5, 5.41) is 18.8. The lowest BCUT2D eigenvalue weighted by Gasteiger charge is -2.51. The van der Waals surface area contributed by atoms with Crippen LogP contribution >= 0.6 is 11.8 Å². The third-order valence-electron chi connectivity index (χ3n) is 4.53. The molecule has 9 nitrogen and oxygen atoms in total. The molecule has 0 aliphatic carbocycles. The first-order chi connectivity index (χ1) is 12.0. The van der Waals surface area contributed by atoms with E-state index in [9.17, 15) is 24.6 Å². The van der Waals surface area contributed by atoms with Gasteiger partial charge in [-0.25, -0.2) is 9.59 Å². The maximum absolute atomic E-state index is 12.4. The van der Waals surface area contributed by atoms with E-state index in [0.29, 0.717) is 11.3 Å². The van der Waals surface area contributed by atoms with Crippen molar-refractivity contribution < 1.29 is 29.3 Å². The van der Waals surface area contributed by atoms with E-state index < -0.39 is 36.2 Å². The molecule has 0 radical (unpaired) electrons. The van der Waals surface area contributed by atoms with Crippen molar-refractivity contribution in [3.63, 3.8) is 0 Å². The summed E-state index contributed by atoms with van der Waals surface area (Å²) in [5.41, 5.74) is 0.408. The monoisotopic (exact) mass is 363 g/mol. The predicted molar refractivity (Wildman–Crippen MR) is 83.6 cm³/mol. The highest BCUT2D eigenvalue weighted by molar-refractivity contribution is 7.99. The molecule has 1 aromatic heterocycles. The summed E-state index contributed by atoms with van der Waals surface area (Å²) < 4.78 is 5.61. The van der Waals surface area contributed by atoms with E-state index >= 15 is 0 Å². The standard InChI is InChI=1S/C15H13N3O6S/c19-13-11-10-12(24-6-17(11)15(22)23)8(9(14(20)21)18(10)13)5-25-7-1-3-16-4-2-7/h1-4,10-12H,5-6H2,(H,20,21)(H,22,23)/t10-,11-,12?/m0/s1. The van der Waals surface area contributed by atoms with Gasteiger partial charge in [0.2, 0.25) is 0 Å². The molecule has 3 aliphatic heterocycles. The molecular formula is C15H13N3O6S. The van der Waals surface area contributed by atoms with Gasteiger partial charge in [0.1, 0.15) is 24.6 Å². The van der Waals surface area contributed by atoms with Crippen LogP contribution in [0.3, 0.4) is 0 Å². The average Bonchev–Trinajstić information content (AvgIpc) is 2.92. The molecule has 3 atom stereocenters. The smallest absolute Gasteiger partial charge is 0.409 e. The molecule has 4 heterocycles. The molecule has 0 bridgehead atoms. The van der Waals surface area contributed by atoms with Gasteiger partial charge in [0.25, 0.3) is 5.91 Å². The molecule has 130 valence electrons. The summed E-state index contributed by atoms with van der Waals surface area (Å²) >= 11 is 1.41. The lowest BCUT2D eigenvalue weighted by Crippen LogP contribution is -2.75. The van der Waals surface area contributed by atoms with Crippen LogP contribution in [0.15, 0.2) is 40.7 Å². The quantitative estimate of drug-likeness (QED) is 0.584. The van der Waals surface area contributed by atoms with Crippen LogP contribution in [-0.2, 0) is 14.3 Å². The summed E-state index contributed by atoms with van der Waals surface area (Å²) in [6.07, 6.45) is 1.42. The van der Waals surface area contributed by atoms with E-state index in [1.165, 1.54) is 11.8 Å². The van der Waals surface area contributed by atoms with Crippen LogP contribution in [0.2, 0.25) is 0 Å². The van der Waals surface area contributed by atoms with Gasteiger partial charge in [-0.15, -0.1) is 11.8 Å². The third kappa shape index (κ3) is 2.29. The second kappa shape index (κ2) is 5.74. The topological polar surface area (TPSA) is 120 Å². The zero-order valence-corrected chi connectivity index (χ0v) is 13.5. The number of pyridine rings is 1. The number of carboxylic acids is 1. The largest absolute Gasteiger partial charge is 0.477 e. The highest BCUT2D eigenvalue weighted by Crippen LogP contribution is 2.46. The highest BCUT2D eigenvalue weighted by atomic mass is 32.2. The first kappa shape index (κ1) is 15.9. The Morgan fingerprint density at radius 1 is 1.32 bits per heavy atom. The Morgan fingerprint density at radius 2 is 2.04 bits per heavy atom. The number of aromatic nitrogens is 1. The first-order valence-electron chi connectivity index (χ1n) is 7.44. The Bertz CT molecular complexity index is 798. The molecule has 0 saturated carbocycles. The molecule has 2 amide bonds.